The van der Waals surface area contributed by atoms with Crippen LogP contribution in [0, 0.1) is 5.92 Å². The number of allylic oxidation sites excluding steroid dienone is 3. The van der Waals surface area contributed by atoms with E-state index in [2.05, 4.69) is 16.9 Å². The van der Waals surface area contributed by atoms with Gasteiger partial charge in [-0.05, 0) is 23.6 Å². The molecule has 0 radical (unpaired) electrons. The summed E-state index contributed by atoms with van der Waals surface area (Å²) in [7, 11) is 0. The molecule has 0 spiro atoms. The average Bonchev–Trinajstić information content (AvgIpc) is 3.35. The van der Waals surface area contributed by atoms with Crippen LogP contribution in [0.25, 0.3) is 10.9 Å². The number of amides is 4. The summed E-state index contributed by atoms with van der Waals surface area (Å²) >= 11 is 0. The third-order valence-corrected chi connectivity index (χ3v) is 8.13. The normalized spacial score (nSPS) is 22.0. The molecular formula is C33H34N6O3. The SMILES string of the molecule is C=CCN(C(=O)NCc1ccccc1)N1CC(=O)N2C1CN(Cc1cccc3cccnc13)C(=O)[C@@H]2C1C=CC=CC1. The number of nitrogens with zero attached hydrogens (tertiary/aromatic N) is 5. The number of fused-ring (bicyclic) bond motifs is 2. The van der Waals surface area contributed by atoms with Gasteiger partial charge in [-0.1, -0.05) is 85.0 Å². The van der Waals surface area contributed by atoms with Crippen LogP contribution in [-0.4, -0.2) is 74.5 Å². The molecule has 9 heteroatoms. The lowest BCUT2D eigenvalue weighted by atomic mass is 9.88. The van der Waals surface area contributed by atoms with Gasteiger partial charge in [-0.2, -0.15) is 5.01 Å². The van der Waals surface area contributed by atoms with Crippen molar-refractivity contribution in [3.8, 4) is 0 Å². The lowest BCUT2D eigenvalue weighted by Crippen LogP contribution is -2.66. The number of piperazine rings is 1. The molecule has 3 aromatic rings. The number of hydrogen-bond acceptors (Lipinski definition) is 5. The minimum Gasteiger partial charge on any atom is -0.333 e. The molecule has 1 aliphatic carbocycles. The molecule has 6 rings (SSSR count). The van der Waals surface area contributed by atoms with Gasteiger partial charge in [0.25, 0.3) is 0 Å². The third-order valence-electron chi connectivity index (χ3n) is 8.13. The van der Waals surface area contributed by atoms with E-state index in [-0.39, 0.29) is 43.4 Å². The van der Waals surface area contributed by atoms with Crippen molar-refractivity contribution in [1.82, 2.24) is 30.1 Å². The molecule has 2 aromatic carbocycles. The smallest absolute Gasteiger partial charge is 0.332 e. The van der Waals surface area contributed by atoms with Crippen molar-refractivity contribution in [3.63, 3.8) is 0 Å². The highest BCUT2D eigenvalue weighted by molar-refractivity contribution is 5.92. The van der Waals surface area contributed by atoms with Crippen LogP contribution in [0.5, 0.6) is 0 Å². The molecule has 2 aliphatic heterocycles. The van der Waals surface area contributed by atoms with Crippen LogP contribution in [-0.2, 0) is 22.7 Å². The number of aromatic nitrogens is 1. The van der Waals surface area contributed by atoms with Crippen molar-refractivity contribution in [2.75, 3.05) is 19.6 Å². The quantitative estimate of drug-likeness (QED) is 0.422. The van der Waals surface area contributed by atoms with E-state index in [0.29, 0.717) is 19.5 Å². The van der Waals surface area contributed by atoms with Crippen LogP contribution < -0.4 is 5.32 Å². The average molecular weight is 563 g/mol. The largest absolute Gasteiger partial charge is 0.333 e. The van der Waals surface area contributed by atoms with Gasteiger partial charge in [0.2, 0.25) is 11.8 Å². The topological polar surface area (TPSA) is 89.1 Å². The molecule has 1 N–H and O–H groups in total. The van der Waals surface area contributed by atoms with E-state index in [0.717, 1.165) is 22.0 Å². The van der Waals surface area contributed by atoms with Crippen molar-refractivity contribution in [2.45, 2.75) is 31.7 Å². The number of para-hydroxylation sites is 1. The number of hydrazine groups is 1. The Labute approximate surface area is 245 Å². The maximum absolute atomic E-state index is 14.2. The first-order valence-corrected chi connectivity index (χ1v) is 14.3. The Kier molecular flexibility index (Phi) is 7.83. The van der Waals surface area contributed by atoms with Gasteiger partial charge >= 0.3 is 6.03 Å². The first-order valence-electron chi connectivity index (χ1n) is 14.3. The Morgan fingerprint density at radius 2 is 1.90 bits per heavy atom. The van der Waals surface area contributed by atoms with Crippen LogP contribution in [0.2, 0.25) is 0 Å². The summed E-state index contributed by atoms with van der Waals surface area (Å²) in [6, 6.07) is 18.5. The predicted molar refractivity (Wildman–Crippen MR) is 160 cm³/mol. The molecule has 0 saturated carbocycles. The first-order chi connectivity index (χ1) is 20.5. The fourth-order valence-corrected chi connectivity index (χ4v) is 6.16. The van der Waals surface area contributed by atoms with E-state index in [1.807, 2.05) is 89.9 Å². The number of urea groups is 1. The second kappa shape index (κ2) is 12.0. The van der Waals surface area contributed by atoms with Crippen LogP contribution >= 0.6 is 0 Å². The molecular weight excluding hydrogens is 528 g/mol. The zero-order chi connectivity index (χ0) is 29.1. The molecule has 0 bridgehead atoms. The van der Waals surface area contributed by atoms with Crippen LogP contribution in [0.3, 0.4) is 0 Å². The number of carbonyl (C=O) groups is 3. The van der Waals surface area contributed by atoms with E-state index in [1.165, 1.54) is 0 Å². The molecule has 1 aromatic heterocycles. The Morgan fingerprint density at radius 1 is 1.07 bits per heavy atom. The highest BCUT2D eigenvalue weighted by Crippen LogP contribution is 2.34. The minimum atomic E-state index is -0.677. The summed E-state index contributed by atoms with van der Waals surface area (Å²) in [6.07, 6.45) is 11.5. The van der Waals surface area contributed by atoms with E-state index < -0.39 is 12.2 Å². The van der Waals surface area contributed by atoms with Gasteiger partial charge in [0.15, 0.2) is 0 Å². The monoisotopic (exact) mass is 562 g/mol. The highest BCUT2D eigenvalue weighted by Gasteiger charge is 2.53. The molecule has 9 nitrogen and oxygen atoms in total. The van der Waals surface area contributed by atoms with Crippen LogP contribution in [0.4, 0.5) is 4.79 Å². The number of rotatable bonds is 8. The number of pyridine rings is 1. The Bertz CT molecular complexity index is 1550. The lowest BCUT2D eigenvalue weighted by Gasteiger charge is -2.48. The standard InChI is InChI=1S/C33H34N6O3/c1-2-19-37(33(42)35-20-24-11-5-3-6-12-24)38-23-29(40)39-28(38)22-36(32(41)31(39)26-13-7-4-8-14-26)21-27-16-9-15-25-17-10-18-34-30(25)27/h2-13,15-18,26,28,31H,1,14,19-23H2,(H,35,42)/t26?,28?,31-/m0/s1. The third kappa shape index (κ3) is 5.31. The Morgan fingerprint density at radius 3 is 2.69 bits per heavy atom. The summed E-state index contributed by atoms with van der Waals surface area (Å²) in [5.41, 5.74) is 2.76. The zero-order valence-electron chi connectivity index (χ0n) is 23.4. The zero-order valence-corrected chi connectivity index (χ0v) is 23.4. The van der Waals surface area contributed by atoms with Crippen molar-refractivity contribution in [1.29, 1.82) is 0 Å². The molecule has 4 amide bonds. The summed E-state index contributed by atoms with van der Waals surface area (Å²) in [6.45, 7) is 5.04. The second-order valence-corrected chi connectivity index (χ2v) is 10.8. The maximum Gasteiger partial charge on any atom is 0.332 e. The van der Waals surface area contributed by atoms with Crippen molar-refractivity contribution in [2.24, 2.45) is 5.92 Å². The molecule has 3 heterocycles. The van der Waals surface area contributed by atoms with Gasteiger partial charge < -0.3 is 15.1 Å². The van der Waals surface area contributed by atoms with Crippen molar-refractivity contribution >= 4 is 28.7 Å². The number of hydrogen-bond donors (Lipinski definition) is 1. The van der Waals surface area contributed by atoms with E-state index in [4.69, 9.17) is 0 Å². The number of carbonyl (C=O) groups excluding carboxylic acids is 3. The maximum atomic E-state index is 14.2. The number of nitrogens with one attached hydrogen (secondary N) is 1. The number of benzene rings is 2. The van der Waals surface area contributed by atoms with Crippen LogP contribution in [0.1, 0.15) is 17.5 Å². The molecule has 3 atom stereocenters. The van der Waals surface area contributed by atoms with E-state index >= 15 is 0 Å². The van der Waals surface area contributed by atoms with E-state index in [9.17, 15) is 14.4 Å². The van der Waals surface area contributed by atoms with Gasteiger partial charge in [0.05, 0.1) is 25.2 Å². The van der Waals surface area contributed by atoms with Gasteiger partial charge in [-0.3, -0.25) is 19.6 Å². The van der Waals surface area contributed by atoms with Gasteiger partial charge in [0, 0.05) is 30.6 Å². The van der Waals surface area contributed by atoms with Gasteiger partial charge in [-0.15, -0.1) is 6.58 Å². The summed E-state index contributed by atoms with van der Waals surface area (Å²) < 4.78 is 0. The van der Waals surface area contributed by atoms with Crippen LogP contribution in [0.15, 0.2) is 104 Å². The summed E-state index contributed by atoms with van der Waals surface area (Å²) in [5.74, 6) is -0.428. The molecule has 42 heavy (non-hydrogen) atoms. The molecule has 3 aliphatic rings. The Balaban J connectivity index is 1.31. The fourth-order valence-electron chi connectivity index (χ4n) is 6.16. The van der Waals surface area contributed by atoms with E-state index in [1.54, 1.807) is 27.2 Å². The fraction of sp³-hybridized carbons (Fsp3) is 0.273. The lowest BCUT2D eigenvalue weighted by molar-refractivity contribution is -0.159. The molecule has 2 fully saturated rings. The summed E-state index contributed by atoms with van der Waals surface area (Å²) in [5, 5.41) is 7.32. The minimum absolute atomic E-state index is 0.00300. The second-order valence-electron chi connectivity index (χ2n) is 10.8. The molecule has 2 unspecified atom stereocenters. The van der Waals surface area contributed by atoms with Crippen molar-refractivity contribution in [3.05, 3.63) is 115 Å². The highest BCUT2D eigenvalue weighted by atomic mass is 16.2. The Hall–Kier alpha value is -4.76. The molecule has 2 saturated heterocycles. The van der Waals surface area contributed by atoms with Gasteiger partial charge in [-0.25, -0.2) is 4.79 Å². The summed E-state index contributed by atoms with van der Waals surface area (Å²) in [4.78, 5) is 49.5. The predicted octanol–water partition coefficient (Wildman–Crippen LogP) is 3.86. The van der Waals surface area contributed by atoms with Crippen molar-refractivity contribution < 1.29 is 14.4 Å². The van der Waals surface area contributed by atoms with Gasteiger partial charge in [0.1, 0.15) is 12.2 Å². The first kappa shape index (κ1) is 27.4. The molecule has 214 valence electrons.